The summed E-state index contributed by atoms with van der Waals surface area (Å²) in [6.45, 7) is 9.52. The Bertz CT molecular complexity index is 893. The van der Waals surface area contributed by atoms with Gasteiger partial charge in [0.2, 0.25) is 0 Å². The van der Waals surface area contributed by atoms with Gasteiger partial charge in [-0.05, 0) is 44.2 Å². The molecule has 1 aliphatic heterocycles. The number of rotatable bonds is 8. The fourth-order valence-corrected chi connectivity index (χ4v) is 3.61. The van der Waals surface area contributed by atoms with Crippen LogP contribution in [0.2, 0.25) is 0 Å². The summed E-state index contributed by atoms with van der Waals surface area (Å²) in [5.74, 6) is 1.08. The predicted molar refractivity (Wildman–Crippen MR) is 118 cm³/mol. The third-order valence-electron chi connectivity index (χ3n) is 5.40. The summed E-state index contributed by atoms with van der Waals surface area (Å²) in [4.78, 5) is 28.2. The van der Waals surface area contributed by atoms with Crippen molar-refractivity contribution in [2.24, 2.45) is 10.9 Å². The lowest BCUT2D eigenvalue weighted by atomic mass is 10.0. The SMILES string of the molecule is CCCCC(C)CNC(=O)C(C)=Nc1c(C)ncnc1N1CCc2ccccc21. The molecule has 1 unspecified atom stereocenters. The van der Waals surface area contributed by atoms with Crippen molar-refractivity contribution in [3.8, 4) is 0 Å². The van der Waals surface area contributed by atoms with Crippen LogP contribution in [0.4, 0.5) is 17.2 Å². The number of aryl methyl sites for hydroxylation is 1. The molecule has 0 radical (unpaired) electrons. The van der Waals surface area contributed by atoms with Crippen molar-refractivity contribution in [2.75, 3.05) is 18.0 Å². The number of carbonyl (C=O) groups is 1. The number of hydrogen-bond donors (Lipinski definition) is 1. The van der Waals surface area contributed by atoms with Crippen molar-refractivity contribution in [2.45, 2.75) is 53.4 Å². The highest BCUT2D eigenvalue weighted by Gasteiger charge is 2.24. The van der Waals surface area contributed by atoms with Crippen LogP contribution in [0.1, 0.15) is 51.3 Å². The first-order valence-electron chi connectivity index (χ1n) is 10.5. The summed E-state index contributed by atoms with van der Waals surface area (Å²) in [7, 11) is 0. The molecule has 1 N–H and O–H groups in total. The molecular weight excluding hydrogens is 362 g/mol. The number of hydrogen-bond acceptors (Lipinski definition) is 5. The number of para-hydroxylation sites is 1. The van der Waals surface area contributed by atoms with Crippen molar-refractivity contribution in [1.29, 1.82) is 0 Å². The van der Waals surface area contributed by atoms with Gasteiger partial charge in [0.25, 0.3) is 5.91 Å². The van der Waals surface area contributed by atoms with Crippen LogP contribution in [0.25, 0.3) is 0 Å². The lowest BCUT2D eigenvalue weighted by Crippen LogP contribution is -2.33. The quantitative estimate of drug-likeness (QED) is 0.670. The molecule has 154 valence electrons. The Morgan fingerprint density at radius 2 is 2.10 bits per heavy atom. The smallest absolute Gasteiger partial charge is 0.265 e. The number of aliphatic imine (C=N–C) groups is 1. The Balaban J connectivity index is 1.80. The van der Waals surface area contributed by atoms with E-state index in [1.54, 1.807) is 13.3 Å². The van der Waals surface area contributed by atoms with Gasteiger partial charge in [-0.3, -0.25) is 4.79 Å². The fourth-order valence-electron chi connectivity index (χ4n) is 3.61. The maximum atomic E-state index is 12.6. The second-order valence-electron chi connectivity index (χ2n) is 7.82. The van der Waals surface area contributed by atoms with E-state index in [9.17, 15) is 4.79 Å². The molecule has 1 aromatic carbocycles. The molecule has 0 saturated carbocycles. The molecule has 0 bridgehead atoms. The van der Waals surface area contributed by atoms with E-state index in [1.165, 1.54) is 18.4 Å². The van der Waals surface area contributed by atoms with E-state index in [1.807, 2.05) is 13.0 Å². The summed E-state index contributed by atoms with van der Waals surface area (Å²) in [6.07, 6.45) is 6.02. The summed E-state index contributed by atoms with van der Waals surface area (Å²) < 4.78 is 0. The number of carbonyl (C=O) groups excluding carboxylic acids is 1. The third kappa shape index (κ3) is 5.00. The van der Waals surface area contributed by atoms with E-state index < -0.39 is 0 Å². The van der Waals surface area contributed by atoms with E-state index in [0.29, 0.717) is 23.9 Å². The minimum Gasteiger partial charge on any atom is -0.351 e. The molecule has 1 aromatic heterocycles. The monoisotopic (exact) mass is 393 g/mol. The number of benzene rings is 1. The first-order chi connectivity index (χ1) is 14.0. The van der Waals surface area contributed by atoms with Gasteiger partial charge in [-0.2, -0.15) is 0 Å². The number of aromatic nitrogens is 2. The van der Waals surface area contributed by atoms with Crippen LogP contribution in [0.3, 0.4) is 0 Å². The van der Waals surface area contributed by atoms with Crippen molar-refractivity contribution in [1.82, 2.24) is 15.3 Å². The normalized spacial score (nSPS) is 14.6. The Labute approximate surface area is 173 Å². The molecule has 1 amide bonds. The molecule has 3 rings (SSSR count). The van der Waals surface area contributed by atoms with Gasteiger partial charge in [0.05, 0.1) is 5.69 Å². The first-order valence-corrected chi connectivity index (χ1v) is 10.5. The molecular formula is C23H31N5O. The predicted octanol–water partition coefficient (Wildman–Crippen LogP) is 4.51. The molecule has 6 nitrogen and oxygen atoms in total. The van der Waals surface area contributed by atoms with E-state index in [-0.39, 0.29) is 5.91 Å². The highest BCUT2D eigenvalue weighted by molar-refractivity contribution is 6.38. The van der Waals surface area contributed by atoms with Crippen LogP contribution in [-0.4, -0.2) is 34.7 Å². The van der Waals surface area contributed by atoms with Gasteiger partial charge < -0.3 is 10.2 Å². The Morgan fingerprint density at radius 1 is 1.31 bits per heavy atom. The van der Waals surface area contributed by atoms with Gasteiger partial charge in [0.15, 0.2) is 5.82 Å². The van der Waals surface area contributed by atoms with Gasteiger partial charge in [-0.1, -0.05) is 44.9 Å². The minimum absolute atomic E-state index is 0.135. The van der Waals surface area contributed by atoms with Gasteiger partial charge in [-0.25, -0.2) is 15.0 Å². The number of amides is 1. The van der Waals surface area contributed by atoms with Crippen molar-refractivity contribution < 1.29 is 4.79 Å². The molecule has 0 aliphatic carbocycles. The maximum Gasteiger partial charge on any atom is 0.265 e. The summed E-state index contributed by atoms with van der Waals surface area (Å²) >= 11 is 0. The molecule has 1 aliphatic rings. The van der Waals surface area contributed by atoms with Crippen molar-refractivity contribution in [3.05, 3.63) is 41.9 Å². The van der Waals surface area contributed by atoms with E-state index in [0.717, 1.165) is 36.6 Å². The zero-order chi connectivity index (χ0) is 20.8. The third-order valence-corrected chi connectivity index (χ3v) is 5.40. The molecule has 0 fully saturated rings. The van der Waals surface area contributed by atoms with Gasteiger partial charge >= 0.3 is 0 Å². The average molecular weight is 394 g/mol. The molecule has 6 heteroatoms. The molecule has 2 aromatic rings. The highest BCUT2D eigenvalue weighted by atomic mass is 16.1. The lowest BCUT2D eigenvalue weighted by Gasteiger charge is -2.20. The van der Waals surface area contributed by atoms with Crippen molar-refractivity contribution >= 4 is 28.8 Å². The second-order valence-corrected chi connectivity index (χ2v) is 7.82. The molecule has 29 heavy (non-hydrogen) atoms. The maximum absolute atomic E-state index is 12.6. The number of nitrogens with one attached hydrogen (secondary N) is 1. The zero-order valence-corrected chi connectivity index (χ0v) is 17.9. The van der Waals surface area contributed by atoms with E-state index >= 15 is 0 Å². The topological polar surface area (TPSA) is 70.5 Å². The van der Waals surface area contributed by atoms with Gasteiger partial charge in [-0.15, -0.1) is 0 Å². The molecule has 1 atom stereocenters. The number of anilines is 2. The lowest BCUT2D eigenvalue weighted by molar-refractivity contribution is -0.115. The Morgan fingerprint density at radius 3 is 2.90 bits per heavy atom. The highest BCUT2D eigenvalue weighted by Crippen LogP contribution is 2.38. The zero-order valence-electron chi connectivity index (χ0n) is 17.9. The number of unbranched alkanes of at least 4 members (excludes halogenated alkanes) is 1. The summed E-state index contributed by atoms with van der Waals surface area (Å²) in [6, 6.07) is 8.34. The van der Waals surface area contributed by atoms with Crippen molar-refractivity contribution in [3.63, 3.8) is 0 Å². The molecule has 0 spiro atoms. The second kappa shape index (κ2) is 9.63. The Kier molecular flexibility index (Phi) is 6.96. The molecule has 2 heterocycles. The van der Waals surface area contributed by atoms with Crippen LogP contribution in [0.5, 0.6) is 0 Å². The summed E-state index contributed by atoms with van der Waals surface area (Å²) in [5, 5.41) is 3.01. The van der Waals surface area contributed by atoms with E-state index in [2.05, 4.69) is 57.2 Å². The van der Waals surface area contributed by atoms with Crippen LogP contribution in [0, 0.1) is 12.8 Å². The largest absolute Gasteiger partial charge is 0.351 e. The van der Waals surface area contributed by atoms with Crippen LogP contribution >= 0.6 is 0 Å². The minimum atomic E-state index is -0.135. The van der Waals surface area contributed by atoms with Gasteiger partial charge in [0.1, 0.15) is 17.7 Å². The first kappa shape index (κ1) is 21.0. The molecule has 0 saturated heterocycles. The fraction of sp³-hybridized carbons (Fsp3) is 0.478. The van der Waals surface area contributed by atoms with E-state index in [4.69, 9.17) is 0 Å². The van der Waals surface area contributed by atoms with Crippen LogP contribution in [0.15, 0.2) is 35.6 Å². The Hall–Kier alpha value is -2.76. The standard InChI is InChI=1S/C23H31N5O/c1-5-6-9-16(2)14-24-23(29)18(4)27-21-17(3)25-15-26-22(21)28-13-12-19-10-7-8-11-20(19)28/h7-8,10-11,15-16H,5-6,9,12-14H2,1-4H3,(H,24,29). The number of nitrogens with zero attached hydrogens (tertiary/aromatic N) is 4. The van der Waals surface area contributed by atoms with Gasteiger partial charge in [0, 0.05) is 18.8 Å². The summed E-state index contributed by atoms with van der Waals surface area (Å²) in [5.41, 5.74) is 4.31. The van der Waals surface area contributed by atoms with Crippen LogP contribution < -0.4 is 10.2 Å². The van der Waals surface area contributed by atoms with Crippen LogP contribution in [-0.2, 0) is 11.2 Å². The average Bonchev–Trinajstić information content (AvgIpc) is 3.15. The number of fused-ring (bicyclic) bond motifs is 1.